The number of carbonyl (C=O) groups is 1. The van der Waals surface area contributed by atoms with Crippen LogP contribution in [0.25, 0.3) is 0 Å². The number of likely N-dealkylation sites (tertiary alicyclic amines) is 1. The number of aryl methyl sites for hydroxylation is 1. The number of nitrogens with zero attached hydrogens (tertiary/aromatic N) is 4. The Bertz CT molecular complexity index is 673. The van der Waals surface area contributed by atoms with Crippen molar-refractivity contribution in [3.05, 3.63) is 46.7 Å². The lowest BCUT2D eigenvalue weighted by atomic mass is 10.1. The molecule has 1 saturated heterocycles. The summed E-state index contributed by atoms with van der Waals surface area (Å²) in [4.78, 5) is 21.4. The highest BCUT2D eigenvalue weighted by Gasteiger charge is 2.25. The zero-order chi connectivity index (χ0) is 16.9. The Labute approximate surface area is 147 Å². The SMILES string of the molecule is Cc1nscc1C(=O)N1CCCC(N(C)Cc2ccccn2)CC1. The molecular formula is C18H24N4OS. The van der Waals surface area contributed by atoms with Crippen molar-refractivity contribution in [2.45, 2.75) is 38.8 Å². The van der Waals surface area contributed by atoms with Gasteiger partial charge in [0.25, 0.3) is 5.91 Å². The quantitative estimate of drug-likeness (QED) is 0.855. The first-order valence-corrected chi connectivity index (χ1v) is 9.29. The van der Waals surface area contributed by atoms with E-state index in [9.17, 15) is 4.79 Å². The van der Waals surface area contributed by atoms with Crippen molar-refractivity contribution >= 4 is 17.4 Å². The topological polar surface area (TPSA) is 49.3 Å². The predicted octanol–water partition coefficient (Wildman–Crippen LogP) is 2.97. The monoisotopic (exact) mass is 344 g/mol. The van der Waals surface area contributed by atoms with Crippen molar-refractivity contribution in [2.75, 3.05) is 20.1 Å². The van der Waals surface area contributed by atoms with E-state index in [0.29, 0.717) is 6.04 Å². The van der Waals surface area contributed by atoms with Gasteiger partial charge in [0.15, 0.2) is 0 Å². The van der Waals surface area contributed by atoms with Gasteiger partial charge in [0.05, 0.1) is 17.0 Å². The van der Waals surface area contributed by atoms with Gasteiger partial charge in [-0.1, -0.05) is 6.07 Å². The predicted molar refractivity (Wildman–Crippen MR) is 96.1 cm³/mol. The lowest BCUT2D eigenvalue weighted by Gasteiger charge is -2.27. The fourth-order valence-corrected chi connectivity index (χ4v) is 3.95. The molecule has 2 aromatic heterocycles. The van der Waals surface area contributed by atoms with Crippen molar-refractivity contribution in [2.24, 2.45) is 0 Å². The number of hydrogen-bond acceptors (Lipinski definition) is 5. The molecule has 0 aromatic carbocycles. The standard InChI is InChI=1S/C18H24N4OS/c1-14-17(13-24-20-14)18(23)22-10-5-7-16(8-11-22)21(2)12-15-6-3-4-9-19-15/h3-4,6,9,13,16H,5,7-8,10-12H2,1-2H3. The van der Waals surface area contributed by atoms with E-state index in [-0.39, 0.29) is 5.91 Å². The van der Waals surface area contributed by atoms with E-state index in [1.54, 1.807) is 0 Å². The third-order valence-electron chi connectivity index (χ3n) is 4.73. The van der Waals surface area contributed by atoms with Crippen LogP contribution < -0.4 is 0 Å². The molecule has 0 N–H and O–H groups in total. The Balaban J connectivity index is 1.58. The minimum absolute atomic E-state index is 0.134. The summed E-state index contributed by atoms with van der Waals surface area (Å²) >= 11 is 1.36. The Hall–Kier alpha value is -1.79. The van der Waals surface area contributed by atoms with E-state index in [0.717, 1.165) is 55.8 Å². The van der Waals surface area contributed by atoms with Crippen LogP contribution in [-0.2, 0) is 6.54 Å². The molecule has 1 fully saturated rings. The maximum Gasteiger partial charge on any atom is 0.256 e. The average Bonchev–Trinajstić information content (AvgIpc) is 2.87. The molecule has 1 unspecified atom stereocenters. The third kappa shape index (κ3) is 3.99. The molecule has 0 saturated carbocycles. The highest BCUT2D eigenvalue weighted by Crippen LogP contribution is 2.20. The summed E-state index contributed by atoms with van der Waals surface area (Å²) in [6.45, 7) is 4.41. The van der Waals surface area contributed by atoms with E-state index in [1.807, 2.05) is 35.5 Å². The molecule has 1 amide bonds. The molecule has 3 heterocycles. The van der Waals surface area contributed by atoms with Gasteiger partial charge in [-0.15, -0.1) is 0 Å². The summed E-state index contributed by atoms with van der Waals surface area (Å²) < 4.78 is 4.22. The van der Waals surface area contributed by atoms with E-state index >= 15 is 0 Å². The van der Waals surface area contributed by atoms with E-state index in [1.165, 1.54) is 11.5 Å². The molecule has 6 heteroatoms. The van der Waals surface area contributed by atoms with Gasteiger partial charge in [-0.25, -0.2) is 0 Å². The van der Waals surface area contributed by atoms with E-state index < -0.39 is 0 Å². The number of hydrogen-bond donors (Lipinski definition) is 0. The second kappa shape index (κ2) is 7.85. The van der Waals surface area contributed by atoms with E-state index in [2.05, 4.69) is 27.4 Å². The summed E-state index contributed by atoms with van der Waals surface area (Å²) in [6, 6.07) is 6.53. The number of aromatic nitrogens is 2. The van der Waals surface area contributed by atoms with Crippen LogP contribution in [0.2, 0.25) is 0 Å². The molecule has 0 radical (unpaired) electrons. The number of carbonyl (C=O) groups excluding carboxylic acids is 1. The number of pyridine rings is 1. The maximum atomic E-state index is 12.7. The Morgan fingerprint density at radius 3 is 2.96 bits per heavy atom. The summed E-state index contributed by atoms with van der Waals surface area (Å²) in [7, 11) is 2.16. The fraction of sp³-hybridized carbons (Fsp3) is 0.500. The molecule has 128 valence electrons. The van der Waals surface area contributed by atoms with Gasteiger partial charge in [-0.05, 0) is 56.9 Å². The van der Waals surface area contributed by atoms with Crippen molar-refractivity contribution in [3.63, 3.8) is 0 Å². The minimum atomic E-state index is 0.134. The third-order valence-corrected chi connectivity index (χ3v) is 5.45. The molecule has 1 atom stereocenters. The van der Waals surface area contributed by atoms with Crippen LogP contribution in [0.3, 0.4) is 0 Å². The maximum absolute atomic E-state index is 12.7. The number of amides is 1. The van der Waals surface area contributed by atoms with Crippen molar-refractivity contribution in [1.29, 1.82) is 0 Å². The molecule has 1 aliphatic heterocycles. The van der Waals surface area contributed by atoms with Crippen LogP contribution in [0.4, 0.5) is 0 Å². The Morgan fingerprint density at radius 2 is 2.25 bits per heavy atom. The first kappa shape index (κ1) is 17.0. The number of rotatable bonds is 4. The van der Waals surface area contributed by atoms with Gasteiger partial charge >= 0.3 is 0 Å². The summed E-state index contributed by atoms with van der Waals surface area (Å²) in [5.41, 5.74) is 2.70. The van der Waals surface area contributed by atoms with Crippen molar-refractivity contribution in [1.82, 2.24) is 19.2 Å². The zero-order valence-corrected chi connectivity index (χ0v) is 15.1. The van der Waals surface area contributed by atoms with Crippen molar-refractivity contribution < 1.29 is 4.79 Å². The van der Waals surface area contributed by atoms with Gasteiger partial charge in [0.2, 0.25) is 0 Å². The molecule has 3 rings (SSSR count). The largest absolute Gasteiger partial charge is 0.339 e. The lowest BCUT2D eigenvalue weighted by Crippen LogP contribution is -2.35. The van der Waals surface area contributed by atoms with Crippen LogP contribution in [0.1, 0.15) is 41.0 Å². The summed E-state index contributed by atoms with van der Waals surface area (Å²) in [6.07, 6.45) is 5.01. The highest BCUT2D eigenvalue weighted by atomic mass is 32.1. The molecule has 5 nitrogen and oxygen atoms in total. The molecule has 1 aliphatic rings. The first-order valence-electron chi connectivity index (χ1n) is 8.45. The van der Waals surface area contributed by atoms with Crippen LogP contribution in [0.15, 0.2) is 29.8 Å². The lowest BCUT2D eigenvalue weighted by molar-refractivity contribution is 0.0757. The first-order chi connectivity index (χ1) is 11.6. The van der Waals surface area contributed by atoms with Gasteiger partial charge in [-0.2, -0.15) is 4.37 Å². The average molecular weight is 344 g/mol. The minimum Gasteiger partial charge on any atom is -0.339 e. The van der Waals surface area contributed by atoms with Crippen LogP contribution in [0, 0.1) is 6.92 Å². The van der Waals surface area contributed by atoms with Crippen molar-refractivity contribution in [3.8, 4) is 0 Å². The summed E-state index contributed by atoms with van der Waals surface area (Å²) in [5.74, 6) is 0.134. The van der Waals surface area contributed by atoms with Gasteiger partial charge in [0, 0.05) is 37.3 Å². The highest BCUT2D eigenvalue weighted by molar-refractivity contribution is 7.03. The second-order valence-electron chi connectivity index (χ2n) is 6.43. The van der Waals surface area contributed by atoms with Gasteiger partial charge in [0.1, 0.15) is 0 Å². The molecule has 24 heavy (non-hydrogen) atoms. The smallest absolute Gasteiger partial charge is 0.256 e. The van der Waals surface area contributed by atoms with Crippen LogP contribution >= 0.6 is 11.5 Å². The molecule has 0 aliphatic carbocycles. The van der Waals surface area contributed by atoms with Crippen LogP contribution in [0.5, 0.6) is 0 Å². The zero-order valence-electron chi connectivity index (χ0n) is 14.3. The van der Waals surface area contributed by atoms with Gasteiger partial charge < -0.3 is 4.90 Å². The molecule has 2 aromatic rings. The molecule has 0 bridgehead atoms. The summed E-state index contributed by atoms with van der Waals surface area (Å²) in [5, 5.41) is 1.87. The van der Waals surface area contributed by atoms with Crippen LogP contribution in [-0.4, -0.2) is 51.2 Å². The van der Waals surface area contributed by atoms with Gasteiger partial charge in [-0.3, -0.25) is 14.7 Å². The second-order valence-corrected chi connectivity index (χ2v) is 7.06. The molecular weight excluding hydrogens is 320 g/mol. The van der Waals surface area contributed by atoms with E-state index in [4.69, 9.17) is 0 Å². The normalized spacial score (nSPS) is 18.6. The Morgan fingerprint density at radius 1 is 1.38 bits per heavy atom. The fourth-order valence-electron chi connectivity index (χ4n) is 3.27. The Kier molecular flexibility index (Phi) is 5.58. The molecule has 0 spiro atoms.